The van der Waals surface area contributed by atoms with Crippen molar-refractivity contribution in [3.05, 3.63) is 53.2 Å². The summed E-state index contributed by atoms with van der Waals surface area (Å²) in [4.78, 5) is 12.0. The van der Waals surface area contributed by atoms with Crippen molar-refractivity contribution in [3.8, 4) is 0 Å². The number of benzene rings is 1. The number of carbonyl (C=O) groups excluding carboxylic acids is 1. The third-order valence-electron chi connectivity index (χ3n) is 3.30. The van der Waals surface area contributed by atoms with Gasteiger partial charge in [0.05, 0.1) is 0 Å². The molecule has 0 atom stereocenters. The Morgan fingerprint density at radius 1 is 1.13 bits per heavy atom. The van der Waals surface area contributed by atoms with Crippen LogP contribution >= 0.6 is 0 Å². The minimum absolute atomic E-state index is 0.232. The van der Waals surface area contributed by atoms with Gasteiger partial charge in [-0.15, -0.1) is 10.2 Å². The van der Waals surface area contributed by atoms with Gasteiger partial charge < -0.3 is 15.4 Å². The van der Waals surface area contributed by atoms with Crippen molar-refractivity contribution >= 4 is 11.7 Å². The van der Waals surface area contributed by atoms with Gasteiger partial charge in [-0.05, 0) is 31.0 Å². The van der Waals surface area contributed by atoms with Crippen molar-refractivity contribution in [2.24, 2.45) is 0 Å². The molecule has 1 aromatic heterocycles. The molecule has 1 heterocycles. The maximum absolute atomic E-state index is 12.0. The minimum atomic E-state index is -0.232. The van der Waals surface area contributed by atoms with E-state index < -0.39 is 0 Å². The molecule has 0 saturated heterocycles. The number of methoxy groups -OCH3 is 1. The number of aryl methyl sites for hydroxylation is 1. The Bertz CT molecular complexity index is 611. The smallest absolute Gasteiger partial charge is 0.272 e. The molecule has 0 unspecified atom stereocenters. The van der Waals surface area contributed by atoms with Crippen molar-refractivity contribution in [2.75, 3.05) is 25.6 Å². The summed E-state index contributed by atoms with van der Waals surface area (Å²) in [6, 6.07) is 11.4. The summed E-state index contributed by atoms with van der Waals surface area (Å²) in [6.45, 7) is 3.95. The summed E-state index contributed by atoms with van der Waals surface area (Å²) < 4.78 is 4.97. The normalized spacial score (nSPS) is 10.3. The lowest BCUT2D eigenvalue weighted by molar-refractivity contribution is 0.0945. The number of carbonyl (C=O) groups is 1. The second-order valence-corrected chi connectivity index (χ2v) is 5.25. The highest BCUT2D eigenvalue weighted by molar-refractivity contribution is 5.92. The lowest BCUT2D eigenvalue weighted by atomic mass is 10.1. The predicted molar refractivity (Wildman–Crippen MR) is 89.4 cm³/mol. The molecule has 2 rings (SSSR count). The van der Waals surface area contributed by atoms with Crippen LogP contribution in [0.25, 0.3) is 0 Å². The number of ether oxygens (including phenoxy) is 1. The molecule has 1 amide bonds. The van der Waals surface area contributed by atoms with E-state index in [4.69, 9.17) is 4.74 Å². The second-order valence-electron chi connectivity index (χ2n) is 5.25. The zero-order valence-corrected chi connectivity index (χ0v) is 13.5. The molecule has 0 spiro atoms. The van der Waals surface area contributed by atoms with E-state index in [-0.39, 0.29) is 5.91 Å². The van der Waals surface area contributed by atoms with Gasteiger partial charge in [0.15, 0.2) is 5.69 Å². The highest BCUT2D eigenvalue weighted by Gasteiger charge is 2.07. The topological polar surface area (TPSA) is 76.1 Å². The maximum atomic E-state index is 12.0. The van der Waals surface area contributed by atoms with Gasteiger partial charge in [0.1, 0.15) is 5.82 Å². The molecule has 0 aliphatic carbocycles. The minimum Gasteiger partial charge on any atom is -0.385 e. The average molecular weight is 314 g/mol. The van der Waals surface area contributed by atoms with E-state index >= 15 is 0 Å². The molecule has 6 nitrogen and oxygen atoms in total. The highest BCUT2D eigenvalue weighted by atomic mass is 16.5. The first-order chi connectivity index (χ1) is 11.2. The lowest BCUT2D eigenvalue weighted by Gasteiger charge is -2.07. The number of nitrogens with one attached hydrogen (secondary N) is 2. The molecule has 0 aliphatic heterocycles. The summed E-state index contributed by atoms with van der Waals surface area (Å²) in [5, 5.41) is 13.9. The Balaban J connectivity index is 1.81. The van der Waals surface area contributed by atoms with Crippen molar-refractivity contribution in [3.63, 3.8) is 0 Å². The van der Waals surface area contributed by atoms with E-state index in [2.05, 4.69) is 20.8 Å². The first-order valence-corrected chi connectivity index (χ1v) is 7.59. The summed E-state index contributed by atoms with van der Waals surface area (Å²) >= 11 is 0. The monoisotopic (exact) mass is 314 g/mol. The standard InChI is InChI=1S/C17H22N4O2/c1-13-4-6-14(7-5-13)12-19-17(22)15-8-9-16(21-20-15)18-10-3-11-23-2/h4-9H,3,10-12H2,1-2H3,(H,18,21)(H,19,22). The summed E-state index contributed by atoms with van der Waals surface area (Å²) in [5.74, 6) is 0.417. The van der Waals surface area contributed by atoms with Gasteiger partial charge in [-0.25, -0.2) is 0 Å². The molecule has 2 aromatic rings. The molecule has 0 fully saturated rings. The molecule has 2 N–H and O–H groups in total. The van der Waals surface area contributed by atoms with E-state index in [9.17, 15) is 4.79 Å². The van der Waals surface area contributed by atoms with Crippen LogP contribution in [0.5, 0.6) is 0 Å². The molecule has 6 heteroatoms. The fourth-order valence-corrected chi connectivity index (χ4v) is 1.96. The van der Waals surface area contributed by atoms with Gasteiger partial charge in [-0.3, -0.25) is 4.79 Å². The van der Waals surface area contributed by atoms with Crippen LogP contribution < -0.4 is 10.6 Å². The maximum Gasteiger partial charge on any atom is 0.272 e. The number of hydrogen-bond donors (Lipinski definition) is 2. The zero-order valence-electron chi connectivity index (χ0n) is 13.5. The van der Waals surface area contributed by atoms with Crippen LogP contribution in [0.4, 0.5) is 5.82 Å². The van der Waals surface area contributed by atoms with Crippen molar-refractivity contribution in [1.82, 2.24) is 15.5 Å². The molecule has 0 radical (unpaired) electrons. The third-order valence-corrected chi connectivity index (χ3v) is 3.30. The molecule has 1 aromatic carbocycles. The Labute approximate surface area is 136 Å². The van der Waals surface area contributed by atoms with Gasteiger partial charge in [-0.2, -0.15) is 0 Å². The van der Waals surface area contributed by atoms with Crippen LogP contribution in [0.3, 0.4) is 0 Å². The van der Waals surface area contributed by atoms with Crippen LogP contribution in [-0.4, -0.2) is 36.4 Å². The SMILES string of the molecule is COCCCNc1ccc(C(=O)NCc2ccc(C)cc2)nn1. The third kappa shape index (κ3) is 5.67. The Hall–Kier alpha value is -2.47. The zero-order chi connectivity index (χ0) is 16.5. The Morgan fingerprint density at radius 2 is 1.91 bits per heavy atom. The molecular weight excluding hydrogens is 292 g/mol. The largest absolute Gasteiger partial charge is 0.385 e. The van der Waals surface area contributed by atoms with E-state index in [1.54, 1.807) is 19.2 Å². The van der Waals surface area contributed by atoms with Crippen LogP contribution in [0.2, 0.25) is 0 Å². The number of amides is 1. The first kappa shape index (κ1) is 16.9. The summed E-state index contributed by atoms with van der Waals surface area (Å²) in [5.41, 5.74) is 2.55. The number of hydrogen-bond acceptors (Lipinski definition) is 5. The van der Waals surface area contributed by atoms with Crippen LogP contribution in [0.15, 0.2) is 36.4 Å². The van der Waals surface area contributed by atoms with Gasteiger partial charge in [0, 0.05) is 26.8 Å². The Kier molecular flexibility index (Phi) is 6.50. The van der Waals surface area contributed by atoms with E-state index in [0.29, 0.717) is 24.7 Å². The number of anilines is 1. The van der Waals surface area contributed by atoms with Crippen LogP contribution in [0.1, 0.15) is 28.0 Å². The number of rotatable bonds is 8. The average Bonchev–Trinajstić information content (AvgIpc) is 2.58. The molecular formula is C17H22N4O2. The molecule has 122 valence electrons. The van der Waals surface area contributed by atoms with Gasteiger partial charge in [-0.1, -0.05) is 29.8 Å². The van der Waals surface area contributed by atoms with Crippen LogP contribution in [-0.2, 0) is 11.3 Å². The van der Waals surface area contributed by atoms with E-state index in [1.807, 2.05) is 31.2 Å². The second kappa shape index (κ2) is 8.85. The van der Waals surface area contributed by atoms with Crippen molar-refractivity contribution < 1.29 is 9.53 Å². The molecule has 0 bridgehead atoms. The molecule has 0 saturated carbocycles. The lowest BCUT2D eigenvalue weighted by Crippen LogP contribution is -2.24. The number of nitrogens with zero attached hydrogens (tertiary/aromatic N) is 2. The highest BCUT2D eigenvalue weighted by Crippen LogP contribution is 2.05. The summed E-state index contributed by atoms with van der Waals surface area (Å²) in [7, 11) is 1.67. The quantitative estimate of drug-likeness (QED) is 0.730. The predicted octanol–water partition coefficient (Wildman–Crippen LogP) is 2.16. The van der Waals surface area contributed by atoms with Gasteiger partial charge >= 0.3 is 0 Å². The number of aromatic nitrogens is 2. The molecule has 0 aliphatic rings. The van der Waals surface area contributed by atoms with Crippen molar-refractivity contribution in [1.29, 1.82) is 0 Å². The fourth-order valence-electron chi connectivity index (χ4n) is 1.96. The van der Waals surface area contributed by atoms with Gasteiger partial charge in [0.2, 0.25) is 0 Å². The fraction of sp³-hybridized carbons (Fsp3) is 0.353. The van der Waals surface area contributed by atoms with Crippen LogP contribution in [0, 0.1) is 6.92 Å². The first-order valence-electron chi connectivity index (χ1n) is 7.59. The van der Waals surface area contributed by atoms with Crippen molar-refractivity contribution in [2.45, 2.75) is 19.9 Å². The Morgan fingerprint density at radius 3 is 2.57 bits per heavy atom. The van der Waals surface area contributed by atoms with Gasteiger partial charge in [0.25, 0.3) is 5.91 Å². The summed E-state index contributed by atoms with van der Waals surface area (Å²) in [6.07, 6.45) is 0.886. The van der Waals surface area contributed by atoms with E-state index in [0.717, 1.165) is 18.5 Å². The van der Waals surface area contributed by atoms with E-state index in [1.165, 1.54) is 5.56 Å². The molecule has 23 heavy (non-hydrogen) atoms.